The fraction of sp³-hybridized carbons (Fsp3) is 0.467. The number of hydrogen-bond donors (Lipinski definition) is 0. The van der Waals surface area contributed by atoms with E-state index in [-0.39, 0.29) is 5.91 Å². The van der Waals surface area contributed by atoms with Gasteiger partial charge < -0.3 is 4.90 Å². The molecule has 2 aliphatic rings. The van der Waals surface area contributed by atoms with Crippen molar-refractivity contribution >= 4 is 11.6 Å². The Morgan fingerprint density at radius 1 is 1.22 bits per heavy atom. The van der Waals surface area contributed by atoms with Crippen molar-refractivity contribution in [3.63, 3.8) is 0 Å². The molecule has 3 heteroatoms. The molecule has 1 aromatic carbocycles. The van der Waals surface area contributed by atoms with Crippen molar-refractivity contribution in [1.82, 2.24) is 0 Å². The van der Waals surface area contributed by atoms with Crippen molar-refractivity contribution in [2.45, 2.75) is 38.5 Å². The Kier molecular flexibility index (Phi) is 2.79. The predicted octanol–water partition coefficient (Wildman–Crippen LogP) is 2.37. The Hall–Kier alpha value is -1.82. The van der Waals surface area contributed by atoms with Gasteiger partial charge in [-0.1, -0.05) is 12.1 Å². The highest BCUT2D eigenvalue weighted by Crippen LogP contribution is 2.36. The molecule has 0 radical (unpaired) electrons. The lowest BCUT2D eigenvalue weighted by molar-refractivity contribution is -0.119. The maximum Gasteiger partial charge on any atom is 0.227 e. The number of anilines is 1. The summed E-state index contributed by atoms with van der Waals surface area (Å²) >= 11 is 0. The Labute approximate surface area is 107 Å². The summed E-state index contributed by atoms with van der Waals surface area (Å²) in [6.07, 6.45) is 5.00. The third-order valence-corrected chi connectivity index (χ3v) is 3.86. The van der Waals surface area contributed by atoms with Crippen LogP contribution in [0.1, 0.15) is 36.0 Å². The number of benzene rings is 1. The second-order valence-corrected chi connectivity index (χ2v) is 5.07. The van der Waals surface area contributed by atoms with Crippen molar-refractivity contribution in [3.05, 3.63) is 28.8 Å². The van der Waals surface area contributed by atoms with Gasteiger partial charge in [0.05, 0.1) is 11.8 Å². The lowest BCUT2D eigenvalue weighted by Crippen LogP contribution is -2.39. The van der Waals surface area contributed by atoms with Gasteiger partial charge in [0, 0.05) is 19.4 Å². The van der Waals surface area contributed by atoms with Gasteiger partial charge in [-0.3, -0.25) is 4.79 Å². The molecule has 3 nitrogen and oxygen atoms in total. The molecule has 0 aliphatic carbocycles. The maximum absolute atomic E-state index is 11.9. The van der Waals surface area contributed by atoms with Gasteiger partial charge in [-0.05, 0) is 42.4 Å². The Bertz CT molecular complexity index is 525. The first kappa shape index (κ1) is 11.3. The quantitative estimate of drug-likeness (QED) is 0.796. The third-order valence-electron chi connectivity index (χ3n) is 3.86. The van der Waals surface area contributed by atoms with Gasteiger partial charge in [0.15, 0.2) is 0 Å². The van der Waals surface area contributed by atoms with Crippen LogP contribution in [0.2, 0.25) is 0 Å². The number of hydrogen-bond acceptors (Lipinski definition) is 2. The first-order valence-electron chi connectivity index (χ1n) is 6.61. The summed E-state index contributed by atoms with van der Waals surface area (Å²) in [5, 5.41) is 8.68. The van der Waals surface area contributed by atoms with E-state index >= 15 is 0 Å². The van der Waals surface area contributed by atoms with Crippen molar-refractivity contribution in [2.24, 2.45) is 0 Å². The van der Waals surface area contributed by atoms with E-state index in [1.54, 1.807) is 0 Å². The normalized spacial score (nSPS) is 17.3. The van der Waals surface area contributed by atoms with E-state index in [0.29, 0.717) is 12.8 Å². The number of carbonyl (C=O) groups is 1. The first-order chi connectivity index (χ1) is 8.79. The standard InChI is InChI=1S/C15H16N2O/c16-7-1-3-11-9-12-4-2-8-17-14(18)6-5-13(10-11)15(12)17/h9-10H,1-6,8H2. The molecule has 1 aromatic rings. The maximum atomic E-state index is 11.9. The molecule has 2 aliphatic heterocycles. The second-order valence-electron chi connectivity index (χ2n) is 5.07. The van der Waals surface area contributed by atoms with Crippen LogP contribution in [0, 0.1) is 11.3 Å². The summed E-state index contributed by atoms with van der Waals surface area (Å²) in [7, 11) is 0. The number of nitriles is 1. The highest BCUT2D eigenvalue weighted by molar-refractivity contribution is 5.97. The van der Waals surface area contributed by atoms with E-state index < -0.39 is 0 Å². The molecule has 0 spiro atoms. The van der Waals surface area contributed by atoms with Crippen LogP contribution in [0.3, 0.4) is 0 Å². The average molecular weight is 240 g/mol. The molecule has 0 N–H and O–H groups in total. The highest BCUT2D eigenvalue weighted by atomic mass is 16.2. The van der Waals surface area contributed by atoms with E-state index in [1.165, 1.54) is 22.4 Å². The molecular weight excluding hydrogens is 224 g/mol. The van der Waals surface area contributed by atoms with Gasteiger partial charge in [-0.25, -0.2) is 0 Å². The summed E-state index contributed by atoms with van der Waals surface area (Å²) in [6, 6.07) is 6.59. The Morgan fingerprint density at radius 2 is 2.00 bits per heavy atom. The second kappa shape index (κ2) is 4.45. The topological polar surface area (TPSA) is 44.1 Å². The third kappa shape index (κ3) is 1.78. The van der Waals surface area contributed by atoms with Crippen LogP contribution in [0.15, 0.2) is 12.1 Å². The van der Waals surface area contributed by atoms with Crippen molar-refractivity contribution < 1.29 is 4.79 Å². The van der Waals surface area contributed by atoms with Gasteiger partial charge in [-0.15, -0.1) is 0 Å². The molecule has 0 bridgehead atoms. The minimum Gasteiger partial charge on any atom is -0.312 e. The van der Waals surface area contributed by atoms with Gasteiger partial charge in [0.1, 0.15) is 0 Å². The van der Waals surface area contributed by atoms with E-state index in [1.807, 2.05) is 4.90 Å². The largest absolute Gasteiger partial charge is 0.312 e. The van der Waals surface area contributed by atoms with Crippen LogP contribution in [-0.4, -0.2) is 12.5 Å². The summed E-state index contributed by atoms with van der Waals surface area (Å²) < 4.78 is 0. The van der Waals surface area contributed by atoms with Crippen molar-refractivity contribution in [2.75, 3.05) is 11.4 Å². The van der Waals surface area contributed by atoms with Crippen LogP contribution in [0.4, 0.5) is 5.69 Å². The zero-order chi connectivity index (χ0) is 12.5. The molecule has 0 saturated heterocycles. The van der Waals surface area contributed by atoms with E-state index in [4.69, 9.17) is 5.26 Å². The number of carbonyl (C=O) groups excluding carboxylic acids is 1. The van der Waals surface area contributed by atoms with E-state index in [0.717, 1.165) is 32.2 Å². The van der Waals surface area contributed by atoms with E-state index in [9.17, 15) is 4.79 Å². The monoisotopic (exact) mass is 240 g/mol. The van der Waals surface area contributed by atoms with Crippen LogP contribution in [0.25, 0.3) is 0 Å². The van der Waals surface area contributed by atoms with Gasteiger partial charge in [-0.2, -0.15) is 5.26 Å². The van der Waals surface area contributed by atoms with Crippen molar-refractivity contribution in [3.8, 4) is 6.07 Å². The number of rotatable bonds is 2. The molecule has 92 valence electrons. The van der Waals surface area contributed by atoms with Crippen LogP contribution in [-0.2, 0) is 24.1 Å². The molecule has 3 rings (SSSR count). The van der Waals surface area contributed by atoms with Gasteiger partial charge in [0.25, 0.3) is 0 Å². The number of nitrogens with zero attached hydrogens (tertiary/aromatic N) is 2. The molecule has 1 amide bonds. The first-order valence-corrected chi connectivity index (χ1v) is 6.61. The molecule has 18 heavy (non-hydrogen) atoms. The molecule has 2 heterocycles. The van der Waals surface area contributed by atoms with Crippen LogP contribution >= 0.6 is 0 Å². The zero-order valence-electron chi connectivity index (χ0n) is 10.4. The molecule has 0 unspecified atom stereocenters. The lowest BCUT2D eigenvalue weighted by Gasteiger charge is -2.35. The Balaban J connectivity index is 2.03. The molecule has 0 atom stereocenters. The SMILES string of the molecule is N#CCCc1cc2c3c(c1)CCC(=O)N3CCC2. The number of aryl methyl sites for hydroxylation is 3. The summed E-state index contributed by atoms with van der Waals surface area (Å²) in [5.41, 5.74) is 5.04. The molecular formula is C15H16N2O. The van der Waals surface area contributed by atoms with Crippen LogP contribution in [0.5, 0.6) is 0 Å². The minimum absolute atomic E-state index is 0.272. The lowest BCUT2D eigenvalue weighted by atomic mass is 9.89. The van der Waals surface area contributed by atoms with Crippen molar-refractivity contribution in [1.29, 1.82) is 5.26 Å². The molecule has 0 saturated carbocycles. The predicted molar refractivity (Wildman–Crippen MR) is 69.4 cm³/mol. The summed E-state index contributed by atoms with van der Waals surface area (Å²) in [4.78, 5) is 13.9. The molecule has 0 aromatic heterocycles. The smallest absolute Gasteiger partial charge is 0.227 e. The van der Waals surface area contributed by atoms with Crippen LogP contribution < -0.4 is 4.90 Å². The fourth-order valence-electron chi connectivity index (χ4n) is 3.07. The van der Waals surface area contributed by atoms with E-state index in [2.05, 4.69) is 18.2 Å². The van der Waals surface area contributed by atoms with Gasteiger partial charge >= 0.3 is 0 Å². The van der Waals surface area contributed by atoms with Gasteiger partial charge in [0.2, 0.25) is 5.91 Å². The minimum atomic E-state index is 0.272. The average Bonchev–Trinajstić information content (AvgIpc) is 2.40. The highest BCUT2D eigenvalue weighted by Gasteiger charge is 2.29. The Morgan fingerprint density at radius 3 is 2.78 bits per heavy atom. The zero-order valence-corrected chi connectivity index (χ0v) is 10.4. The summed E-state index contributed by atoms with van der Waals surface area (Å²) in [6.45, 7) is 0.871. The number of amides is 1. The fourth-order valence-corrected chi connectivity index (χ4v) is 3.07. The molecule has 0 fully saturated rings. The summed E-state index contributed by atoms with van der Waals surface area (Å²) in [5.74, 6) is 0.272.